The zero-order chi connectivity index (χ0) is 11.4. The summed E-state index contributed by atoms with van der Waals surface area (Å²) < 4.78 is 0.662. The van der Waals surface area contributed by atoms with Gasteiger partial charge in [0.25, 0.3) is 0 Å². The molecule has 0 spiro atoms. The molecular weight excluding hydrogens is 264 g/mol. The van der Waals surface area contributed by atoms with Crippen molar-refractivity contribution in [3.63, 3.8) is 0 Å². The molecule has 1 rings (SSSR count). The van der Waals surface area contributed by atoms with Gasteiger partial charge in [-0.2, -0.15) is 0 Å². The van der Waals surface area contributed by atoms with Crippen LogP contribution in [0, 0.1) is 0 Å². The zero-order valence-corrected chi connectivity index (χ0v) is 9.32. The summed E-state index contributed by atoms with van der Waals surface area (Å²) in [4.78, 5) is 21.7. The molecule has 0 saturated carbocycles. The van der Waals surface area contributed by atoms with E-state index in [1.54, 1.807) is 6.07 Å². The minimum Gasteiger partial charge on any atom is -0.507 e. The highest BCUT2D eigenvalue weighted by Gasteiger charge is 2.12. The molecule has 4 nitrogen and oxygen atoms in total. The monoisotopic (exact) mass is 272 g/mol. The van der Waals surface area contributed by atoms with Crippen molar-refractivity contribution in [3.8, 4) is 5.75 Å². The third kappa shape index (κ3) is 3.36. The number of phenolic OH excluding ortho intramolecular Hbond substituents is 1. The molecule has 0 atom stereocenters. The molecule has 0 aliphatic rings. The van der Waals surface area contributed by atoms with E-state index in [9.17, 15) is 14.7 Å². The molecule has 15 heavy (non-hydrogen) atoms. The van der Waals surface area contributed by atoms with Crippen molar-refractivity contribution in [2.24, 2.45) is 0 Å². The average Bonchev–Trinajstić information content (AvgIpc) is 2.14. The van der Waals surface area contributed by atoms with Gasteiger partial charge in [0.1, 0.15) is 5.75 Å². The van der Waals surface area contributed by atoms with Crippen LogP contribution in [0.4, 0.5) is 0 Å². The van der Waals surface area contributed by atoms with Crippen molar-refractivity contribution in [1.29, 1.82) is 0 Å². The molecule has 0 aliphatic heterocycles. The third-order valence-electron chi connectivity index (χ3n) is 1.83. The number of aromatic hydroxyl groups is 1. The SMILES string of the molecule is O=C(O)CCC(=O)c1ccc(Br)cc1O. The van der Waals surface area contributed by atoms with Crippen molar-refractivity contribution < 1.29 is 19.8 Å². The first-order chi connectivity index (χ1) is 7.00. The molecule has 5 heteroatoms. The molecule has 80 valence electrons. The molecule has 0 amide bonds. The predicted molar refractivity (Wildman–Crippen MR) is 57.0 cm³/mol. The normalized spacial score (nSPS) is 9.93. The lowest BCUT2D eigenvalue weighted by Crippen LogP contribution is -2.03. The quantitative estimate of drug-likeness (QED) is 0.825. The van der Waals surface area contributed by atoms with Crippen LogP contribution in [0.25, 0.3) is 0 Å². The van der Waals surface area contributed by atoms with E-state index in [1.165, 1.54) is 12.1 Å². The van der Waals surface area contributed by atoms with Gasteiger partial charge in [0.05, 0.1) is 12.0 Å². The van der Waals surface area contributed by atoms with Crippen molar-refractivity contribution in [1.82, 2.24) is 0 Å². The summed E-state index contributed by atoms with van der Waals surface area (Å²) in [5.74, 6) is -1.54. The highest BCUT2D eigenvalue weighted by molar-refractivity contribution is 9.10. The van der Waals surface area contributed by atoms with Crippen LogP contribution in [0.5, 0.6) is 5.75 Å². The molecule has 0 aliphatic carbocycles. The fourth-order valence-electron chi connectivity index (χ4n) is 1.10. The Balaban J connectivity index is 2.78. The van der Waals surface area contributed by atoms with E-state index in [1.807, 2.05) is 0 Å². The molecule has 0 radical (unpaired) electrons. The number of carbonyl (C=O) groups is 2. The lowest BCUT2D eigenvalue weighted by atomic mass is 10.1. The summed E-state index contributed by atoms with van der Waals surface area (Å²) >= 11 is 3.14. The molecule has 2 N–H and O–H groups in total. The first-order valence-corrected chi connectivity index (χ1v) is 5.03. The molecule has 0 aromatic heterocycles. The number of carboxylic acids is 1. The van der Waals surface area contributed by atoms with Gasteiger partial charge in [-0.05, 0) is 18.2 Å². The van der Waals surface area contributed by atoms with E-state index >= 15 is 0 Å². The van der Waals surface area contributed by atoms with Crippen LogP contribution >= 0.6 is 15.9 Å². The predicted octanol–water partition coefficient (Wildman–Crippen LogP) is 2.20. The standard InChI is InChI=1S/C10H9BrO4/c11-6-1-2-7(9(13)5-6)8(12)3-4-10(14)15/h1-2,5,13H,3-4H2,(H,14,15). The minimum absolute atomic E-state index is 0.107. The third-order valence-corrected chi connectivity index (χ3v) is 2.32. The summed E-state index contributed by atoms with van der Waals surface area (Å²) in [6.07, 6.45) is -0.334. The van der Waals surface area contributed by atoms with E-state index in [4.69, 9.17) is 5.11 Å². The van der Waals surface area contributed by atoms with E-state index in [2.05, 4.69) is 15.9 Å². The van der Waals surface area contributed by atoms with Gasteiger partial charge >= 0.3 is 5.97 Å². The number of hydrogen-bond donors (Lipinski definition) is 2. The molecule has 1 aromatic carbocycles. The molecule has 0 unspecified atom stereocenters. The van der Waals surface area contributed by atoms with Gasteiger partial charge in [0.15, 0.2) is 5.78 Å². The van der Waals surface area contributed by atoms with Crippen LogP contribution in [0.3, 0.4) is 0 Å². The number of benzene rings is 1. The van der Waals surface area contributed by atoms with Crippen molar-refractivity contribution in [2.75, 3.05) is 0 Å². The maximum atomic E-state index is 11.4. The second-order valence-electron chi connectivity index (χ2n) is 2.98. The number of hydrogen-bond acceptors (Lipinski definition) is 3. The number of phenols is 1. The highest BCUT2D eigenvalue weighted by Crippen LogP contribution is 2.23. The number of Topliss-reactive ketones (excluding diaryl/α,β-unsaturated/α-hetero) is 1. The Hall–Kier alpha value is -1.36. The fourth-order valence-corrected chi connectivity index (χ4v) is 1.44. The van der Waals surface area contributed by atoms with Gasteiger partial charge in [0, 0.05) is 10.9 Å². The topological polar surface area (TPSA) is 74.6 Å². The summed E-state index contributed by atoms with van der Waals surface area (Å²) in [6, 6.07) is 4.48. The molecular formula is C10H9BrO4. The van der Waals surface area contributed by atoms with Gasteiger partial charge in [-0.3, -0.25) is 9.59 Å². The average molecular weight is 273 g/mol. The summed E-state index contributed by atoms with van der Waals surface area (Å²) in [5, 5.41) is 17.8. The number of carboxylic acid groups (broad SMARTS) is 1. The molecule has 0 bridgehead atoms. The Labute approximate surface area is 94.7 Å². The van der Waals surface area contributed by atoms with Crippen LogP contribution in [0.1, 0.15) is 23.2 Å². The van der Waals surface area contributed by atoms with Crippen LogP contribution in [0.15, 0.2) is 22.7 Å². The number of halogens is 1. The Bertz CT molecular complexity index is 400. The Kier molecular flexibility index (Phi) is 3.85. The number of ketones is 1. The summed E-state index contributed by atoms with van der Waals surface area (Å²) in [5.41, 5.74) is 0.152. The summed E-state index contributed by atoms with van der Waals surface area (Å²) in [7, 11) is 0. The maximum Gasteiger partial charge on any atom is 0.303 e. The van der Waals surface area contributed by atoms with E-state index in [-0.39, 0.29) is 29.9 Å². The molecule has 0 saturated heterocycles. The lowest BCUT2D eigenvalue weighted by Gasteiger charge is -2.02. The van der Waals surface area contributed by atoms with E-state index in [0.717, 1.165) is 0 Å². The van der Waals surface area contributed by atoms with Gasteiger partial charge in [-0.25, -0.2) is 0 Å². The van der Waals surface area contributed by atoms with Crippen molar-refractivity contribution >= 4 is 27.7 Å². The van der Waals surface area contributed by atoms with Gasteiger partial charge in [0.2, 0.25) is 0 Å². The number of aliphatic carboxylic acids is 1. The summed E-state index contributed by atoms with van der Waals surface area (Å²) in [6.45, 7) is 0. The highest BCUT2D eigenvalue weighted by atomic mass is 79.9. The van der Waals surface area contributed by atoms with Crippen LogP contribution in [-0.2, 0) is 4.79 Å². The van der Waals surface area contributed by atoms with Crippen LogP contribution in [0.2, 0.25) is 0 Å². The van der Waals surface area contributed by atoms with Crippen molar-refractivity contribution in [3.05, 3.63) is 28.2 Å². The number of rotatable bonds is 4. The Morgan fingerprint density at radius 3 is 2.47 bits per heavy atom. The largest absolute Gasteiger partial charge is 0.507 e. The first kappa shape index (κ1) is 11.7. The van der Waals surface area contributed by atoms with Crippen LogP contribution in [-0.4, -0.2) is 22.0 Å². The van der Waals surface area contributed by atoms with Gasteiger partial charge < -0.3 is 10.2 Å². The second kappa shape index (κ2) is 4.93. The van der Waals surface area contributed by atoms with Gasteiger partial charge in [-0.15, -0.1) is 0 Å². The van der Waals surface area contributed by atoms with Crippen LogP contribution < -0.4 is 0 Å². The Morgan fingerprint density at radius 2 is 1.93 bits per heavy atom. The smallest absolute Gasteiger partial charge is 0.303 e. The molecule has 1 aromatic rings. The first-order valence-electron chi connectivity index (χ1n) is 4.24. The van der Waals surface area contributed by atoms with E-state index < -0.39 is 5.97 Å². The zero-order valence-electron chi connectivity index (χ0n) is 7.74. The Morgan fingerprint density at radius 1 is 1.27 bits per heavy atom. The van der Waals surface area contributed by atoms with Gasteiger partial charge in [-0.1, -0.05) is 15.9 Å². The second-order valence-corrected chi connectivity index (χ2v) is 3.89. The van der Waals surface area contributed by atoms with E-state index in [0.29, 0.717) is 4.47 Å². The molecule has 0 fully saturated rings. The van der Waals surface area contributed by atoms with Crippen molar-refractivity contribution in [2.45, 2.75) is 12.8 Å². The molecule has 0 heterocycles. The fraction of sp³-hybridized carbons (Fsp3) is 0.200. The number of carbonyl (C=O) groups excluding carboxylic acids is 1. The lowest BCUT2D eigenvalue weighted by molar-refractivity contribution is -0.136. The minimum atomic E-state index is -1.03. The maximum absolute atomic E-state index is 11.4.